The number of aromatic nitrogens is 1. The summed E-state index contributed by atoms with van der Waals surface area (Å²) in [4.78, 5) is 14.8. The van der Waals surface area contributed by atoms with Crippen LogP contribution in [0.3, 0.4) is 0 Å². The number of para-hydroxylation sites is 1. The summed E-state index contributed by atoms with van der Waals surface area (Å²) in [6.45, 7) is 4.34. The lowest BCUT2D eigenvalue weighted by Crippen LogP contribution is -2.31. The molecule has 1 amide bonds. The van der Waals surface area contributed by atoms with Gasteiger partial charge in [-0.15, -0.1) is 0 Å². The molecular formula is C20H29N3O. The van der Waals surface area contributed by atoms with Crippen molar-refractivity contribution in [3.63, 3.8) is 0 Å². The van der Waals surface area contributed by atoms with E-state index in [1.54, 1.807) is 0 Å². The smallest absolute Gasteiger partial charge is 0.224 e. The number of rotatable bonds is 6. The Bertz CT molecular complexity index is 669. The number of benzene rings is 1. The summed E-state index contributed by atoms with van der Waals surface area (Å²) in [6.07, 6.45) is 8.98. The standard InChI is InChI=1S/C20H29N3O/c1-22-16-17(18-9-4-5-10-19(18)22)15-20(24)21-11-8-14-23-12-6-2-3-7-13-23/h4-5,9-10,16H,2-3,6-8,11-15H2,1H3,(H,21,24). The first-order chi connectivity index (χ1) is 11.7. The van der Waals surface area contributed by atoms with Gasteiger partial charge in [0.25, 0.3) is 0 Å². The molecule has 1 N–H and O–H groups in total. The highest BCUT2D eigenvalue weighted by atomic mass is 16.1. The van der Waals surface area contributed by atoms with Gasteiger partial charge in [-0.25, -0.2) is 0 Å². The molecule has 3 rings (SSSR count). The van der Waals surface area contributed by atoms with E-state index in [9.17, 15) is 4.79 Å². The molecule has 1 aromatic heterocycles. The largest absolute Gasteiger partial charge is 0.356 e. The highest BCUT2D eigenvalue weighted by molar-refractivity contribution is 5.89. The van der Waals surface area contributed by atoms with Crippen LogP contribution in [0.2, 0.25) is 0 Å². The molecule has 0 aliphatic carbocycles. The van der Waals surface area contributed by atoms with Crippen LogP contribution in [0.4, 0.5) is 0 Å². The number of nitrogens with zero attached hydrogens (tertiary/aromatic N) is 2. The number of hydrogen-bond donors (Lipinski definition) is 1. The maximum absolute atomic E-state index is 12.2. The third-order valence-corrected chi connectivity index (χ3v) is 5.00. The summed E-state index contributed by atoms with van der Waals surface area (Å²) in [6, 6.07) is 8.26. The van der Waals surface area contributed by atoms with Crippen LogP contribution >= 0.6 is 0 Å². The van der Waals surface area contributed by atoms with E-state index in [0.717, 1.165) is 25.1 Å². The lowest BCUT2D eigenvalue weighted by Gasteiger charge is -2.19. The minimum atomic E-state index is 0.127. The quantitative estimate of drug-likeness (QED) is 0.828. The van der Waals surface area contributed by atoms with Gasteiger partial charge < -0.3 is 14.8 Å². The van der Waals surface area contributed by atoms with E-state index in [-0.39, 0.29) is 5.91 Å². The first-order valence-corrected chi connectivity index (χ1v) is 9.26. The zero-order chi connectivity index (χ0) is 16.8. The maximum atomic E-state index is 12.2. The molecular weight excluding hydrogens is 298 g/mol. The minimum Gasteiger partial charge on any atom is -0.356 e. The molecule has 1 aromatic carbocycles. The molecule has 2 aromatic rings. The highest BCUT2D eigenvalue weighted by Crippen LogP contribution is 2.20. The van der Waals surface area contributed by atoms with Crippen LogP contribution < -0.4 is 5.32 Å². The van der Waals surface area contributed by atoms with Crippen LogP contribution in [-0.4, -0.2) is 41.6 Å². The second-order valence-corrected chi connectivity index (χ2v) is 6.92. The minimum absolute atomic E-state index is 0.127. The van der Waals surface area contributed by atoms with E-state index in [1.165, 1.54) is 49.7 Å². The second kappa shape index (κ2) is 8.34. The lowest BCUT2D eigenvalue weighted by atomic mass is 10.1. The number of nitrogens with one attached hydrogen (secondary N) is 1. The average Bonchev–Trinajstić information content (AvgIpc) is 2.77. The van der Waals surface area contributed by atoms with E-state index in [2.05, 4.69) is 33.1 Å². The fourth-order valence-corrected chi connectivity index (χ4v) is 3.69. The van der Waals surface area contributed by atoms with Gasteiger partial charge >= 0.3 is 0 Å². The van der Waals surface area contributed by atoms with Gasteiger partial charge in [0.2, 0.25) is 5.91 Å². The van der Waals surface area contributed by atoms with E-state index >= 15 is 0 Å². The van der Waals surface area contributed by atoms with E-state index in [4.69, 9.17) is 0 Å². The van der Waals surface area contributed by atoms with Gasteiger partial charge in [-0.2, -0.15) is 0 Å². The number of hydrogen-bond acceptors (Lipinski definition) is 2. The van der Waals surface area contributed by atoms with E-state index < -0.39 is 0 Å². The molecule has 0 bridgehead atoms. The van der Waals surface area contributed by atoms with Crippen LogP contribution in [0.25, 0.3) is 10.9 Å². The van der Waals surface area contributed by atoms with Gasteiger partial charge in [0.05, 0.1) is 6.42 Å². The number of aryl methyl sites for hydroxylation is 1. The Balaban J connectivity index is 1.44. The molecule has 0 saturated carbocycles. The van der Waals surface area contributed by atoms with Gasteiger partial charge in [-0.05, 0) is 50.5 Å². The van der Waals surface area contributed by atoms with Crippen molar-refractivity contribution in [1.82, 2.24) is 14.8 Å². The molecule has 0 atom stereocenters. The first kappa shape index (κ1) is 17.0. The molecule has 4 heteroatoms. The third kappa shape index (κ3) is 4.38. The molecule has 0 radical (unpaired) electrons. The molecule has 0 spiro atoms. The van der Waals surface area contributed by atoms with Crippen molar-refractivity contribution in [2.45, 2.75) is 38.5 Å². The Morgan fingerprint density at radius 2 is 1.88 bits per heavy atom. The molecule has 2 heterocycles. The summed E-state index contributed by atoms with van der Waals surface area (Å²) in [5.74, 6) is 0.127. The van der Waals surface area contributed by atoms with Crippen molar-refractivity contribution in [2.75, 3.05) is 26.2 Å². The number of amides is 1. The molecule has 1 aliphatic heterocycles. The molecule has 130 valence electrons. The average molecular weight is 327 g/mol. The van der Waals surface area contributed by atoms with Gasteiger partial charge in [0.1, 0.15) is 0 Å². The maximum Gasteiger partial charge on any atom is 0.224 e. The zero-order valence-corrected chi connectivity index (χ0v) is 14.8. The van der Waals surface area contributed by atoms with Crippen molar-refractivity contribution in [2.24, 2.45) is 7.05 Å². The lowest BCUT2D eigenvalue weighted by molar-refractivity contribution is -0.120. The normalized spacial score (nSPS) is 16.2. The van der Waals surface area contributed by atoms with Crippen molar-refractivity contribution in [3.05, 3.63) is 36.0 Å². The number of likely N-dealkylation sites (tertiary alicyclic amines) is 1. The number of carbonyl (C=O) groups excluding carboxylic acids is 1. The van der Waals surface area contributed by atoms with Crippen LogP contribution in [0.15, 0.2) is 30.5 Å². The predicted octanol–water partition coefficient (Wildman–Crippen LogP) is 3.10. The monoisotopic (exact) mass is 327 g/mol. The van der Waals surface area contributed by atoms with Gasteiger partial charge in [0, 0.05) is 30.7 Å². The van der Waals surface area contributed by atoms with Crippen molar-refractivity contribution >= 4 is 16.8 Å². The van der Waals surface area contributed by atoms with Crippen molar-refractivity contribution in [1.29, 1.82) is 0 Å². The molecule has 24 heavy (non-hydrogen) atoms. The summed E-state index contributed by atoms with van der Waals surface area (Å²) >= 11 is 0. The third-order valence-electron chi connectivity index (χ3n) is 5.00. The Morgan fingerprint density at radius 1 is 1.12 bits per heavy atom. The fourth-order valence-electron chi connectivity index (χ4n) is 3.69. The Hall–Kier alpha value is -1.81. The zero-order valence-electron chi connectivity index (χ0n) is 14.8. The molecule has 1 saturated heterocycles. The topological polar surface area (TPSA) is 37.3 Å². The molecule has 4 nitrogen and oxygen atoms in total. The summed E-state index contributed by atoms with van der Waals surface area (Å²) in [5.41, 5.74) is 2.29. The second-order valence-electron chi connectivity index (χ2n) is 6.92. The van der Waals surface area contributed by atoms with Gasteiger partial charge in [-0.1, -0.05) is 31.0 Å². The Morgan fingerprint density at radius 3 is 2.67 bits per heavy atom. The molecule has 0 unspecified atom stereocenters. The predicted molar refractivity (Wildman–Crippen MR) is 99.2 cm³/mol. The Kier molecular flexibility index (Phi) is 5.91. The van der Waals surface area contributed by atoms with Gasteiger partial charge in [-0.3, -0.25) is 4.79 Å². The number of fused-ring (bicyclic) bond motifs is 1. The first-order valence-electron chi connectivity index (χ1n) is 9.26. The van der Waals surface area contributed by atoms with Crippen LogP contribution in [-0.2, 0) is 18.3 Å². The van der Waals surface area contributed by atoms with E-state index in [1.807, 2.05) is 19.2 Å². The van der Waals surface area contributed by atoms with Crippen LogP contribution in [0.5, 0.6) is 0 Å². The molecule has 1 fully saturated rings. The van der Waals surface area contributed by atoms with Crippen molar-refractivity contribution in [3.8, 4) is 0 Å². The van der Waals surface area contributed by atoms with Crippen LogP contribution in [0.1, 0.15) is 37.7 Å². The molecule has 1 aliphatic rings. The highest BCUT2D eigenvalue weighted by Gasteiger charge is 2.11. The number of carbonyl (C=O) groups is 1. The Labute approximate surface area is 144 Å². The van der Waals surface area contributed by atoms with Crippen molar-refractivity contribution < 1.29 is 4.79 Å². The summed E-state index contributed by atoms with van der Waals surface area (Å²) in [5, 5.41) is 4.27. The SMILES string of the molecule is Cn1cc(CC(=O)NCCCN2CCCCCC2)c2ccccc21. The summed E-state index contributed by atoms with van der Waals surface area (Å²) in [7, 11) is 2.03. The van der Waals surface area contributed by atoms with Crippen LogP contribution in [0, 0.1) is 0 Å². The van der Waals surface area contributed by atoms with E-state index in [0.29, 0.717) is 6.42 Å². The summed E-state index contributed by atoms with van der Waals surface area (Å²) < 4.78 is 2.09. The van der Waals surface area contributed by atoms with Gasteiger partial charge in [0.15, 0.2) is 0 Å². The fraction of sp³-hybridized carbons (Fsp3) is 0.550.